The molecule has 4 nitrogen and oxygen atoms in total. The second kappa shape index (κ2) is 6.42. The highest BCUT2D eigenvalue weighted by Gasteiger charge is 2.36. The van der Waals surface area contributed by atoms with Crippen LogP contribution in [-0.2, 0) is 12.1 Å². The van der Waals surface area contributed by atoms with Gasteiger partial charge in [0.25, 0.3) is 0 Å². The van der Waals surface area contributed by atoms with Gasteiger partial charge in [-0.2, -0.15) is 5.10 Å². The predicted octanol–water partition coefficient (Wildman–Crippen LogP) is 3.07. The van der Waals surface area contributed by atoms with E-state index in [9.17, 15) is 0 Å². The van der Waals surface area contributed by atoms with Crippen molar-refractivity contribution >= 4 is 0 Å². The smallest absolute Gasteiger partial charge is 0.161 e. The van der Waals surface area contributed by atoms with Crippen LogP contribution in [0.3, 0.4) is 0 Å². The molecule has 0 radical (unpaired) electrons. The molecule has 1 aromatic heterocycles. The largest absolute Gasteiger partial charge is 0.493 e. The number of aromatic nitrogens is 2. The van der Waals surface area contributed by atoms with Crippen molar-refractivity contribution in [2.45, 2.75) is 64.5 Å². The topological polar surface area (TPSA) is 39.1 Å². The Morgan fingerprint density at radius 2 is 2.21 bits per heavy atom. The summed E-state index contributed by atoms with van der Waals surface area (Å²) in [6.45, 7) is 6.51. The van der Waals surface area contributed by atoms with Crippen LogP contribution in [0, 0.1) is 0 Å². The summed E-state index contributed by atoms with van der Waals surface area (Å²) in [5.74, 6) is 0.935. The molecule has 1 aliphatic rings. The number of nitrogens with one attached hydrogen (secondary N) is 1. The summed E-state index contributed by atoms with van der Waals surface area (Å²) < 4.78 is 7.71. The summed E-state index contributed by atoms with van der Waals surface area (Å²) in [5.41, 5.74) is 1.29. The average molecular weight is 265 g/mol. The highest BCUT2D eigenvalue weighted by molar-refractivity contribution is 5.32. The minimum atomic E-state index is 0.0352. The molecule has 19 heavy (non-hydrogen) atoms. The van der Waals surface area contributed by atoms with E-state index >= 15 is 0 Å². The predicted molar refractivity (Wildman–Crippen MR) is 77.5 cm³/mol. The van der Waals surface area contributed by atoms with E-state index in [0.29, 0.717) is 0 Å². The fraction of sp³-hybridized carbons (Fsp3) is 0.800. The van der Waals surface area contributed by atoms with Crippen LogP contribution in [0.2, 0.25) is 0 Å². The van der Waals surface area contributed by atoms with E-state index in [0.717, 1.165) is 31.7 Å². The third-order valence-corrected chi connectivity index (χ3v) is 4.26. The molecule has 1 aromatic rings. The quantitative estimate of drug-likeness (QED) is 0.889. The van der Waals surface area contributed by atoms with E-state index in [-0.39, 0.29) is 5.54 Å². The zero-order valence-electron chi connectivity index (χ0n) is 12.5. The zero-order valence-corrected chi connectivity index (χ0v) is 12.5. The maximum atomic E-state index is 5.57. The first-order valence-corrected chi connectivity index (χ1v) is 7.62. The van der Waals surface area contributed by atoms with Crippen molar-refractivity contribution in [3.8, 4) is 5.75 Å². The molecule has 1 saturated heterocycles. The van der Waals surface area contributed by atoms with Crippen LogP contribution in [-0.4, -0.2) is 23.4 Å². The highest BCUT2D eigenvalue weighted by Crippen LogP contribution is 2.38. The minimum absolute atomic E-state index is 0.0352. The van der Waals surface area contributed by atoms with Crippen molar-refractivity contribution in [3.63, 3.8) is 0 Å². The van der Waals surface area contributed by atoms with Gasteiger partial charge < -0.3 is 10.1 Å². The second-order valence-corrected chi connectivity index (χ2v) is 5.46. The van der Waals surface area contributed by atoms with E-state index in [2.05, 4.69) is 28.9 Å². The number of hydrogen-bond acceptors (Lipinski definition) is 3. The van der Waals surface area contributed by atoms with E-state index < -0.39 is 0 Å². The molecule has 2 heterocycles. The van der Waals surface area contributed by atoms with Crippen molar-refractivity contribution in [2.24, 2.45) is 0 Å². The normalized spacial score (nSPS) is 24.2. The molecule has 0 bridgehead atoms. The first-order chi connectivity index (χ1) is 9.27. The van der Waals surface area contributed by atoms with Gasteiger partial charge in [-0.1, -0.05) is 26.7 Å². The molecule has 0 amide bonds. The number of nitrogens with zero attached hydrogens (tertiary/aromatic N) is 2. The van der Waals surface area contributed by atoms with E-state index in [1.807, 2.05) is 6.20 Å². The number of ether oxygens (including phenoxy) is 1. The molecule has 1 atom stereocenters. The molecule has 0 aromatic carbocycles. The van der Waals surface area contributed by atoms with Crippen molar-refractivity contribution in [3.05, 3.63) is 11.9 Å². The van der Waals surface area contributed by atoms with Gasteiger partial charge in [-0.3, -0.25) is 4.68 Å². The molecule has 1 N–H and O–H groups in total. The summed E-state index contributed by atoms with van der Waals surface area (Å²) in [7, 11) is 1.75. The van der Waals surface area contributed by atoms with E-state index in [4.69, 9.17) is 4.74 Å². The molecule has 2 rings (SSSR count). The van der Waals surface area contributed by atoms with Gasteiger partial charge in [0.1, 0.15) is 5.69 Å². The van der Waals surface area contributed by atoms with Gasteiger partial charge in [-0.15, -0.1) is 0 Å². The number of methoxy groups -OCH3 is 1. The Kier molecular flexibility index (Phi) is 4.86. The van der Waals surface area contributed by atoms with Crippen LogP contribution < -0.4 is 10.1 Å². The first-order valence-electron chi connectivity index (χ1n) is 7.62. The third-order valence-electron chi connectivity index (χ3n) is 4.26. The lowest BCUT2D eigenvalue weighted by molar-refractivity contribution is 0.272. The van der Waals surface area contributed by atoms with Gasteiger partial charge in [0.2, 0.25) is 0 Å². The van der Waals surface area contributed by atoms with E-state index in [1.165, 1.54) is 31.4 Å². The lowest BCUT2D eigenvalue weighted by Crippen LogP contribution is -2.43. The summed E-state index contributed by atoms with van der Waals surface area (Å²) in [4.78, 5) is 0. The standard InChI is InChI=1S/C15H27N3O/c1-4-11-18-14(13(19-3)12-17-18)15(5-2)9-7-6-8-10-16-15/h12,16H,4-11H2,1-3H3. The molecule has 0 saturated carbocycles. The van der Waals surface area contributed by atoms with Crippen molar-refractivity contribution in [1.29, 1.82) is 0 Å². The van der Waals surface area contributed by atoms with Crippen LogP contribution >= 0.6 is 0 Å². The van der Waals surface area contributed by atoms with Crippen molar-refractivity contribution in [1.82, 2.24) is 15.1 Å². The number of rotatable bonds is 5. The van der Waals surface area contributed by atoms with Gasteiger partial charge in [0, 0.05) is 6.54 Å². The Labute approximate surface area is 116 Å². The van der Waals surface area contributed by atoms with Crippen LogP contribution in [0.5, 0.6) is 5.75 Å². The molecule has 4 heteroatoms. The maximum absolute atomic E-state index is 5.57. The van der Waals surface area contributed by atoms with Crippen LogP contribution in [0.1, 0.15) is 58.1 Å². The van der Waals surface area contributed by atoms with Gasteiger partial charge >= 0.3 is 0 Å². The summed E-state index contributed by atoms with van der Waals surface area (Å²) >= 11 is 0. The Morgan fingerprint density at radius 1 is 1.37 bits per heavy atom. The molecule has 1 fully saturated rings. The van der Waals surface area contributed by atoms with Gasteiger partial charge in [-0.05, 0) is 32.2 Å². The molecule has 108 valence electrons. The Balaban J connectivity index is 2.42. The fourth-order valence-electron chi connectivity index (χ4n) is 3.20. The molecule has 1 unspecified atom stereocenters. The van der Waals surface area contributed by atoms with Crippen LogP contribution in [0.15, 0.2) is 6.20 Å². The summed E-state index contributed by atoms with van der Waals surface area (Å²) in [6.07, 6.45) is 9.09. The molecule has 1 aliphatic heterocycles. The van der Waals surface area contributed by atoms with E-state index in [1.54, 1.807) is 7.11 Å². The second-order valence-electron chi connectivity index (χ2n) is 5.46. The Morgan fingerprint density at radius 3 is 2.89 bits per heavy atom. The van der Waals surface area contributed by atoms with Gasteiger partial charge in [0.15, 0.2) is 5.75 Å². The Hall–Kier alpha value is -1.03. The average Bonchev–Trinajstić information content (AvgIpc) is 2.70. The zero-order chi connectivity index (χ0) is 13.7. The SMILES string of the molecule is CCCn1ncc(OC)c1C1(CC)CCCCCN1. The highest BCUT2D eigenvalue weighted by atomic mass is 16.5. The molecular weight excluding hydrogens is 238 g/mol. The van der Waals surface area contributed by atoms with Gasteiger partial charge in [-0.25, -0.2) is 0 Å². The fourth-order valence-corrected chi connectivity index (χ4v) is 3.20. The summed E-state index contributed by atoms with van der Waals surface area (Å²) in [5, 5.41) is 8.31. The summed E-state index contributed by atoms with van der Waals surface area (Å²) in [6, 6.07) is 0. The Bertz CT molecular complexity index is 392. The lowest BCUT2D eigenvalue weighted by Gasteiger charge is -2.34. The number of aryl methyl sites for hydroxylation is 1. The molecule has 0 spiro atoms. The lowest BCUT2D eigenvalue weighted by atomic mass is 9.86. The number of hydrogen-bond donors (Lipinski definition) is 1. The van der Waals surface area contributed by atoms with Crippen LogP contribution in [0.25, 0.3) is 0 Å². The first kappa shape index (κ1) is 14.4. The minimum Gasteiger partial charge on any atom is -0.493 e. The molecular formula is C15H27N3O. The maximum Gasteiger partial charge on any atom is 0.161 e. The van der Waals surface area contributed by atoms with Crippen LogP contribution in [0.4, 0.5) is 0 Å². The van der Waals surface area contributed by atoms with Crippen molar-refractivity contribution < 1.29 is 4.74 Å². The third kappa shape index (κ3) is 2.78. The van der Waals surface area contributed by atoms with Gasteiger partial charge in [0.05, 0.1) is 18.8 Å². The van der Waals surface area contributed by atoms with Crippen molar-refractivity contribution in [2.75, 3.05) is 13.7 Å². The monoisotopic (exact) mass is 265 g/mol. The molecule has 0 aliphatic carbocycles.